The third-order valence-electron chi connectivity index (χ3n) is 13.3. The first kappa shape index (κ1) is 43.2. The number of halogens is 1. The smallest absolute Gasteiger partial charge is 0.408 e. The van der Waals surface area contributed by atoms with Crippen molar-refractivity contribution in [2.24, 2.45) is 5.92 Å². The number of thiazole rings is 1. The van der Waals surface area contributed by atoms with Crippen molar-refractivity contribution in [2.75, 3.05) is 6.54 Å². The Hall–Kier alpha value is -5.10. The van der Waals surface area contributed by atoms with Gasteiger partial charge in [0.05, 0.1) is 17.0 Å². The van der Waals surface area contributed by atoms with E-state index in [1.54, 1.807) is 13.0 Å². The molecule has 4 fully saturated rings. The van der Waals surface area contributed by atoms with E-state index >= 15 is 0 Å². The number of ether oxygens (including phenoxy) is 2. The third kappa shape index (κ3) is 8.64. The molecule has 3 aliphatic carbocycles. The lowest BCUT2D eigenvalue weighted by molar-refractivity contribution is -0.141. The van der Waals surface area contributed by atoms with Crippen molar-refractivity contribution in [1.82, 2.24) is 30.2 Å². The van der Waals surface area contributed by atoms with Crippen LogP contribution in [0.2, 0.25) is 0 Å². The first-order chi connectivity index (χ1) is 30.1. The lowest BCUT2D eigenvalue weighted by atomic mass is 10.0. The van der Waals surface area contributed by atoms with Crippen LogP contribution in [0.5, 0.6) is 5.75 Å². The van der Waals surface area contributed by atoms with Gasteiger partial charge in [-0.1, -0.05) is 38.8 Å². The quantitative estimate of drug-likeness (QED) is 0.144. The molecular formula is C45H53FN6O9S2. The molecule has 3 saturated carbocycles. The third-order valence-corrected chi connectivity index (χ3v) is 16.4. The predicted molar refractivity (Wildman–Crippen MR) is 233 cm³/mol. The minimum Gasteiger partial charge on any atom is -0.484 e. The van der Waals surface area contributed by atoms with E-state index in [0.29, 0.717) is 59.3 Å². The molecule has 4 amide bonds. The summed E-state index contributed by atoms with van der Waals surface area (Å²) in [4.78, 5) is 67.9. The lowest BCUT2D eigenvalue weighted by Gasteiger charge is -2.30. The van der Waals surface area contributed by atoms with Crippen LogP contribution in [0.15, 0.2) is 46.2 Å². The number of carbonyl (C=O) groups is 4. The van der Waals surface area contributed by atoms with E-state index in [-0.39, 0.29) is 42.7 Å². The van der Waals surface area contributed by atoms with E-state index in [0.717, 1.165) is 44.2 Å². The fourth-order valence-corrected chi connectivity index (χ4v) is 11.3. The van der Waals surface area contributed by atoms with Crippen molar-refractivity contribution in [3.8, 4) is 16.5 Å². The van der Waals surface area contributed by atoms with Crippen molar-refractivity contribution >= 4 is 67.2 Å². The molecule has 5 aliphatic rings. The van der Waals surface area contributed by atoms with E-state index in [1.165, 1.54) is 34.4 Å². The minimum atomic E-state index is -4.03. The molecule has 2 aliphatic heterocycles. The number of nitrogens with one attached hydrogen (secondary N) is 3. The van der Waals surface area contributed by atoms with Crippen LogP contribution in [0.1, 0.15) is 116 Å². The highest BCUT2D eigenvalue weighted by Gasteiger charge is 2.63. The molecule has 1 aromatic carbocycles. The molecule has 18 heteroatoms. The lowest BCUT2D eigenvalue weighted by Crippen LogP contribution is -2.58. The Labute approximate surface area is 369 Å². The molecule has 1 saturated heterocycles. The van der Waals surface area contributed by atoms with Gasteiger partial charge < -0.3 is 29.4 Å². The maximum absolute atomic E-state index is 14.8. The fourth-order valence-electron chi connectivity index (χ4n) is 9.00. The normalized spacial score (nSPS) is 27.0. The molecule has 15 nitrogen and oxygen atoms in total. The molecule has 0 bridgehead atoms. The largest absolute Gasteiger partial charge is 0.484 e. The molecule has 3 N–H and O–H groups in total. The number of rotatable bonds is 9. The van der Waals surface area contributed by atoms with Gasteiger partial charge in [0.25, 0.3) is 5.91 Å². The van der Waals surface area contributed by atoms with Gasteiger partial charge in [-0.3, -0.25) is 19.1 Å². The molecular weight excluding hydrogens is 852 g/mol. The van der Waals surface area contributed by atoms with Crippen molar-refractivity contribution in [2.45, 2.75) is 145 Å². The SMILES string of the molecule is CC(C)c1csc(-c2cc(O[C@@H]3C[C@H]4C(=O)N[C@]5(C(=O)NS(=O)(=O)C6(C)CC6)C[C@H]5/C=C\CCCCC[C@H](NC(=O)OC5CCCC5)C(=O)N4C3)c3oc4ccc(F)cc4c3n2)n1. The van der Waals surface area contributed by atoms with Crippen molar-refractivity contribution in [1.29, 1.82) is 0 Å². The van der Waals surface area contributed by atoms with Crippen molar-refractivity contribution in [3.05, 3.63) is 53.3 Å². The molecule has 9 rings (SSSR count). The highest BCUT2D eigenvalue weighted by molar-refractivity contribution is 7.91. The second-order valence-electron chi connectivity index (χ2n) is 18.4. The number of sulfonamides is 1. The zero-order chi connectivity index (χ0) is 44.3. The van der Waals surface area contributed by atoms with E-state index in [2.05, 4.69) is 15.4 Å². The van der Waals surface area contributed by atoms with Crippen molar-refractivity contribution in [3.63, 3.8) is 0 Å². The number of hydrogen-bond donors (Lipinski definition) is 3. The maximum Gasteiger partial charge on any atom is 0.408 e. The Kier molecular flexibility index (Phi) is 11.5. The van der Waals surface area contributed by atoms with E-state index in [4.69, 9.17) is 23.9 Å². The summed E-state index contributed by atoms with van der Waals surface area (Å²) in [6.45, 7) is 5.56. The summed E-state index contributed by atoms with van der Waals surface area (Å²) in [7, 11) is -4.03. The standard InChI is InChI=1S/C45H53FN6O9S2/c1-25(2)33-24-62-40(48-33)32-21-36(38-37(47-32)30-19-27(46)15-16-35(30)61-38)59-29-20-34-39(53)50-45(42(55)51-63(57,58)44(3)17-18-44)22-26(45)11-7-5-4-6-8-14-31(41(54)52(34)23-29)49-43(56)60-28-12-9-10-13-28/h7,11,15-16,19,21,24-26,28-29,31,34H,4-6,8-10,12-14,17-18,20,22-23H2,1-3H3,(H,49,56)(H,50,53)(H,51,55)/b11-7-/t26-,29-,31+,34+,45-/m1/s1. The summed E-state index contributed by atoms with van der Waals surface area (Å²) in [5.41, 5.74) is 0.736. The molecule has 5 heterocycles. The average Bonchev–Trinajstić information content (AvgIpc) is 3.72. The number of amides is 4. The number of aromatic nitrogens is 2. The van der Waals surface area contributed by atoms with Gasteiger partial charge in [0.2, 0.25) is 21.8 Å². The molecule has 0 radical (unpaired) electrons. The van der Waals surface area contributed by atoms with Crippen LogP contribution in [0.4, 0.5) is 9.18 Å². The minimum absolute atomic E-state index is 0.0336. The Morgan fingerprint density at radius 2 is 1.83 bits per heavy atom. The van der Waals surface area contributed by atoms with Crippen LogP contribution in [0.25, 0.3) is 32.8 Å². The summed E-state index contributed by atoms with van der Waals surface area (Å²) in [6.07, 6.45) is 9.48. The van der Waals surface area contributed by atoms with Gasteiger partial charge in [0, 0.05) is 29.2 Å². The van der Waals surface area contributed by atoms with E-state index < -0.39 is 74.0 Å². The zero-order valence-corrected chi connectivity index (χ0v) is 37.2. The number of furan rings is 1. The molecule has 5 atom stereocenters. The topological polar surface area (TPSA) is 199 Å². The first-order valence-electron chi connectivity index (χ1n) is 22.1. The monoisotopic (exact) mass is 904 g/mol. The number of nitrogens with zero attached hydrogens (tertiary/aromatic N) is 3. The van der Waals surface area contributed by atoms with Crippen LogP contribution in [0.3, 0.4) is 0 Å². The summed E-state index contributed by atoms with van der Waals surface area (Å²) in [6, 6.07) is 3.60. The van der Waals surface area contributed by atoms with Crippen LogP contribution < -0.4 is 20.1 Å². The number of fused-ring (bicyclic) bond motifs is 5. The van der Waals surface area contributed by atoms with Gasteiger partial charge in [-0.05, 0) is 95.2 Å². The highest BCUT2D eigenvalue weighted by Crippen LogP contribution is 2.48. The average molecular weight is 905 g/mol. The summed E-state index contributed by atoms with van der Waals surface area (Å²) >= 11 is 1.40. The number of pyridine rings is 1. The zero-order valence-electron chi connectivity index (χ0n) is 35.6. The Bertz CT molecular complexity index is 2600. The fraction of sp³-hybridized carbons (Fsp3) is 0.556. The van der Waals surface area contributed by atoms with Crippen LogP contribution in [0, 0.1) is 11.7 Å². The summed E-state index contributed by atoms with van der Waals surface area (Å²) < 4.78 is 61.1. The Balaban J connectivity index is 1.06. The molecule has 0 spiro atoms. The second-order valence-corrected chi connectivity index (χ2v) is 21.4. The molecule has 3 aromatic heterocycles. The van der Waals surface area contributed by atoms with E-state index in [9.17, 15) is 32.0 Å². The summed E-state index contributed by atoms with van der Waals surface area (Å²) in [5.74, 6) is -2.56. The second kappa shape index (κ2) is 16.8. The highest BCUT2D eigenvalue weighted by atomic mass is 32.2. The molecule has 0 unspecified atom stereocenters. The summed E-state index contributed by atoms with van der Waals surface area (Å²) in [5, 5.41) is 8.72. The van der Waals surface area contributed by atoms with Gasteiger partial charge >= 0.3 is 6.09 Å². The Morgan fingerprint density at radius 3 is 2.57 bits per heavy atom. The molecule has 4 aromatic rings. The van der Waals surface area contributed by atoms with Crippen LogP contribution in [-0.4, -0.2) is 88.2 Å². The van der Waals surface area contributed by atoms with Crippen molar-refractivity contribution < 1.29 is 45.9 Å². The van der Waals surface area contributed by atoms with Gasteiger partial charge in [0.1, 0.15) is 57.4 Å². The van der Waals surface area contributed by atoms with E-state index in [1.807, 2.05) is 31.4 Å². The number of hydrogen-bond acceptors (Lipinski definition) is 12. The first-order valence-corrected chi connectivity index (χ1v) is 24.5. The Morgan fingerprint density at radius 1 is 1.05 bits per heavy atom. The number of alkyl carbamates (subject to hydrolysis) is 1. The van der Waals surface area contributed by atoms with Gasteiger partial charge in [-0.2, -0.15) is 0 Å². The van der Waals surface area contributed by atoms with Crippen LogP contribution >= 0.6 is 11.3 Å². The van der Waals surface area contributed by atoms with Gasteiger partial charge in [0.15, 0.2) is 11.3 Å². The number of allylic oxidation sites excluding steroid dienone is 1. The number of benzene rings is 1. The van der Waals surface area contributed by atoms with Crippen LogP contribution in [-0.2, 0) is 29.1 Å². The molecule has 336 valence electrons. The van der Waals surface area contributed by atoms with Gasteiger partial charge in [-0.25, -0.2) is 27.6 Å². The number of carbonyl (C=O) groups excluding carboxylic acids is 4. The van der Waals surface area contributed by atoms with Gasteiger partial charge in [-0.15, -0.1) is 11.3 Å². The predicted octanol–water partition coefficient (Wildman–Crippen LogP) is 7.15. The maximum atomic E-state index is 14.8. The molecule has 63 heavy (non-hydrogen) atoms.